The molecule has 1 aromatic heterocycles. The fourth-order valence-corrected chi connectivity index (χ4v) is 2.52. The first kappa shape index (κ1) is 14.9. The van der Waals surface area contributed by atoms with E-state index in [-0.39, 0.29) is 6.04 Å². The number of aryl methyl sites for hydroxylation is 1. The van der Waals surface area contributed by atoms with Gasteiger partial charge in [-0.25, -0.2) is 0 Å². The van der Waals surface area contributed by atoms with Crippen LogP contribution in [0.3, 0.4) is 0 Å². The van der Waals surface area contributed by atoms with Crippen molar-refractivity contribution in [2.45, 2.75) is 19.5 Å². The van der Waals surface area contributed by atoms with Gasteiger partial charge in [0.1, 0.15) is 0 Å². The van der Waals surface area contributed by atoms with Crippen molar-refractivity contribution in [3.05, 3.63) is 46.7 Å². The first-order chi connectivity index (χ1) is 9.51. The van der Waals surface area contributed by atoms with E-state index in [2.05, 4.69) is 41.4 Å². The van der Waals surface area contributed by atoms with Crippen LogP contribution in [0.5, 0.6) is 0 Å². The molecular weight excluding hydrogens is 272 g/mol. The van der Waals surface area contributed by atoms with Gasteiger partial charge in [0.2, 0.25) is 0 Å². The molecule has 0 bridgehead atoms. The van der Waals surface area contributed by atoms with Gasteiger partial charge in [0, 0.05) is 49.2 Å². The van der Waals surface area contributed by atoms with Crippen LogP contribution in [0.1, 0.15) is 24.1 Å². The molecule has 0 saturated heterocycles. The molecule has 1 unspecified atom stereocenters. The van der Waals surface area contributed by atoms with Crippen LogP contribution in [0.2, 0.25) is 5.02 Å². The summed E-state index contributed by atoms with van der Waals surface area (Å²) < 4.78 is 1.81. The minimum absolute atomic E-state index is 0.250. The quantitative estimate of drug-likeness (QED) is 0.920. The highest BCUT2D eigenvalue weighted by molar-refractivity contribution is 6.31. The topological polar surface area (TPSA) is 33.1 Å². The minimum Gasteiger partial charge on any atom is -0.370 e. The minimum atomic E-state index is 0.250. The van der Waals surface area contributed by atoms with Crippen molar-refractivity contribution in [2.24, 2.45) is 7.05 Å². The number of hydrogen-bond donors (Lipinski definition) is 1. The van der Waals surface area contributed by atoms with Crippen molar-refractivity contribution in [1.29, 1.82) is 0 Å². The lowest BCUT2D eigenvalue weighted by atomic mass is 10.1. The van der Waals surface area contributed by atoms with Crippen LogP contribution < -0.4 is 10.2 Å². The largest absolute Gasteiger partial charge is 0.370 e. The van der Waals surface area contributed by atoms with E-state index >= 15 is 0 Å². The molecule has 1 N–H and O–H groups in total. The Morgan fingerprint density at radius 1 is 1.45 bits per heavy atom. The molecule has 5 heteroatoms. The van der Waals surface area contributed by atoms with Gasteiger partial charge in [0.15, 0.2) is 0 Å². The molecule has 1 heterocycles. The number of halogens is 1. The number of nitrogens with zero attached hydrogens (tertiary/aromatic N) is 3. The number of nitrogens with one attached hydrogen (secondary N) is 1. The van der Waals surface area contributed by atoms with Crippen molar-refractivity contribution >= 4 is 17.3 Å². The van der Waals surface area contributed by atoms with Crippen LogP contribution >= 0.6 is 11.6 Å². The summed E-state index contributed by atoms with van der Waals surface area (Å²) in [5.41, 5.74) is 3.40. The predicted octanol–water partition coefficient (Wildman–Crippen LogP) is 2.99. The van der Waals surface area contributed by atoms with Gasteiger partial charge in [-0.05, 0) is 31.7 Å². The number of aromatic nitrogens is 2. The lowest BCUT2D eigenvalue weighted by Gasteiger charge is -2.21. The Balaban J connectivity index is 2.14. The molecule has 0 fully saturated rings. The van der Waals surface area contributed by atoms with E-state index in [0.29, 0.717) is 0 Å². The zero-order chi connectivity index (χ0) is 14.7. The molecule has 0 saturated carbocycles. The fourth-order valence-electron chi connectivity index (χ4n) is 2.18. The second-order valence-electron chi connectivity index (χ2n) is 5.09. The summed E-state index contributed by atoms with van der Waals surface area (Å²) in [6.07, 6.45) is 3.91. The van der Waals surface area contributed by atoms with Gasteiger partial charge in [0.25, 0.3) is 0 Å². The van der Waals surface area contributed by atoms with E-state index in [0.717, 1.165) is 22.8 Å². The van der Waals surface area contributed by atoms with E-state index in [4.69, 9.17) is 11.6 Å². The second kappa shape index (κ2) is 6.29. The molecule has 0 radical (unpaired) electrons. The maximum Gasteiger partial charge on any atom is 0.0539 e. The summed E-state index contributed by atoms with van der Waals surface area (Å²) in [6.45, 7) is 2.91. The summed E-state index contributed by atoms with van der Waals surface area (Å²) in [5, 5.41) is 8.18. The van der Waals surface area contributed by atoms with Gasteiger partial charge in [-0.1, -0.05) is 17.7 Å². The van der Waals surface area contributed by atoms with Crippen LogP contribution in [-0.2, 0) is 13.6 Å². The van der Waals surface area contributed by atoms with Gasteiger partial charge in [0.05, 0.1) is 6.20 Å². The van der Waals surface area contributed by atoms with Crippen molar-refractivity contribution in [3.8, 4) is 0 Å². The van der Waals surface area contributed by atoms with E-state index < -0.39 is 0 Å². The third kappa shape index (κ3) is 3.32. The van der Waals surface area contributed by atoms with E-state index in [9.17, 15) is 0 Å². The first-order valence-electron chi connectivity index (χ1n) is 6.66. The Morgan fingerprint density at radius 2 is 2.20 bits per heavy atom. The van der Waals surface area contributed by atoms with Gasteiger partial charge < -0.3 is 10.2 Å². The normalized spacial score (nSPS) is 12.4. The Labute approximate surface area is 125 Å². The van der Waals surface area contributed by atoms with E-state index in [1.165, 1.54) is 5.56 Å². The lowest BCUT2D eigenvalue weighted by Crippen LogP contribution is -2.17. The average molecular weight is 293 g/mol. The lowest BCUT2D eigenvalue weighted by molar-refractivity contribution is 0.652. The Hall–Kier alpha value is -1.52. The molecule has 0 amide bonds. The molecule has 0 aliphatic heterocycles. The van der Waals surface area contributed by atoms with Crippen LogP contribution in [0.15, 0.2) is 30.6 Å². The maximum atomic E-state index is 6.37. The molecule has 2 rings (SSSR count). The smallest absolute Gasteiger partial charge is 0.0539 e. The maximum absolute atomic E-state index is 6.37. The zero-order valence-electron chi connectivity index (χ0n) is 12.4. The van der Waals surface area contributed by atoms with Crippen LogP contribution in [0, 0.1) is 0 Å². The highest BCUT2D eigenvalue weighted by Crippen LogP contribution is 2.27. The molecule has 1 atom stereocenters. The SMILES string of the molecule is CNC(C)c1ccc(N(C)Cc2cnn(C)c2)cc1Cl. The fraction of sp³-hybridized carbons (Fsp3) is 0.400. The summed E-state index contributed by atoms with van der Waals surface area (Å²) in [6, 6.07) is 6.45. The van der Waals surface area contributed by atoms with Crippen LogP contribution in [0.4, 0.5) is 5.69 Å². The highest BCUT2D eigenvalue weighted by atomic mass is 35.5. The van der Waals surface area contributed by atoms with Crippen molar-refractivity contribution in [3.63, 3.8) is 0 Å². The molecule has 0 aliphatic rings. The van der Waals surface area contributed by atoms with Crippen molar-refractivity contribution < 1.29 is 0 Å². The third-order valence-corrected chi connectivity index (χ3v) is 3.83. The van der Waals surface area contributed by atoms with Gasteiger partial charge in [-0.3, -0.25) is 4.68 Å². The molecular formula is C15H21ClN4. The summed E-state index contributed by atoms with van der Waals surface area (Å²) in [5.74, 6) is 0. The first-order valence-corrected chi connectivity index (χ1v) is 7.04. The molecule has 20 heavy (non-hydrogen) atoms. The Morgan fingerprint density at radius 3 is 2.75 bits per heavy atom. The molecule has 0 aliphatic carbocycles. The van der Waals surface area contributed by atoms with Gasteiger partial charge >= 0.3 is 0 Å². The van der Waals surface area contributed by atoms with Crippen molar-refractivity contribution in [2.75, 3.05) is 19.0 Å². The molecule has 4 nitrogen and oxygen atoms in total. The molecule has 2 aromatic rings. The standard InChI is InChI=1S/C15H21ClN4/c1-11(17-2)14-6-5-13(7-15(14)16)19(3)9-12-8-18-20(4)10-12/h5-8,10-11,17H,9H2,1-4H3. The summed E-state index contributed by atoms with van der Waals surface area (Å²) in [4.78, 5) is 2.16. The molecule has 108 valence electrons. The molecule has 0 spiro atoms. The third-order valence-electron chi connectivity index (χ3n) is 3.50. The van der Waals surface area contributed by atoms with E-state index in [1.807, 2.05) is 37.2 Å². The van der Waals surface area contributed by atoms with Crippen LogP contribution in [-0.4, -0.2) is 23.9 Å². The van der Waals surface area contributed by atoms with Crippen LogP contribution in [0.25, 0.3) is 0 Å². The van der Waals surface area contributed by atoms with Crippen molar-refractivity contribution in [1.82, 2.24) is 15.1 Å². The average Bonchev–Trinajstić information content (AvgIpc) is 2.83. The summed E-state index contributed by atoms with van der Waals surface area (Å²) >= 11 is 6.37. The van der Waals surface area contributed by atoms with Gasteiger partial charge in [-0.2, -0.15) is 5.10 Å². The monoisotopic (exact) mass is 292 g/mol. The Kier molecular flexibility index (Phi) is 4.68. The Bertz CT molecular complexity index is 579. The second-order valence-corrected chi connectivity index (χ2v) is 5.50. The number of rotatable bonds is 5. The predicted molar refractivity (Wildman–Crippen MR) is 84.2 cm³/mol. The number of anilines is 1. The van der Waals surface area contributed by atoms with Gasteiger partial charge in [-0.15, -0.1) is 0 Å². The molecule has 1 aromatic carbocycles. The number of benzene rings is 1. The zero-order valence-corrected chi connectivity index (χ0v) is 13.1. The van der Waals surface area contributed by atoms with E-state index in [1.54, 1.807) is 0 Å². The number of hydrogen-bond acceptors (Lipinski definition) is 3. The summed E-state index contributed by atoms with van der Waals surface area (Å²) in [7, 11) is 5.91. The highest BCUT2D eigenvalue weighted by Gasteiger charge is 2.10.